The van der Waals surface area contributed by atoms with E-state index in [1.54, 1.807) is 0 Å². The van der Waals surface area contributed by atoms with Crippen LogP contribution >= 0.6 is 24.0 Å². The number of nitrogens with one attached hydrogen (secondary N) is 2. The maximum absolute atomic E-state index is 4.63. The second-order valence-corrected chi connectivity index (χ2v) is 5.16. The predicted molar refractivity (Wildman–Crippen MR) is 107 cm³/mol. The van der Waals surface area contributed by atoms with Crippen LogP contribution in [-0.4, -0.2) is 35.1 Å². The summed E-state index contributed by atoms with van der Waals surface area (Å²) in [4.78, 5) is 8.75. The van der Waals surface area contributed by atoms with Crippen molar-refractivity contribution in [1.29, 1.82) is 0 Å². The van der Waals surface area contributed by atoms with Gasteiger partial charge in [0.1, 0.15) is 0 Å². The molecule has 126 valence electrons. The van der Waals surface area contributed by atoms with Gasteiger partial charge in [0, 0.05) is 51.0 Å². The van der Waals surface area contributed by atoms with Crippen molar-refractivity contribution in [3.05, 3.63) is 54.1 Å². The molecule has 0 radical (unpaired) electrons. The normalized spacial score (nSPS) is 11.0. The SMILES string of the molecule is CCNC(=NCCc1ccncc1C)NCCn1cccc1.I. The van der Waals surface area contributed by atoms with Gasteiger partial charge in [0.05, 0.1) is 0 Å². The molecule has 2 rings (SSSR count). The van der Waals surface area contributed by atoms with Gasteiger partial charge >= 0.3 is 0 Å². The maximum Gasteiger partial charge on any atom is 0.191 e. The molecule has 23 heavy (non-hydrogen) atoms. The molecular weight excluding hydrogens is 401 g/mol. The largest absolute Gasteiger partial charge is 0.357 e. The molecule has 0 aliphatic carbocycles. The molecule has 2 aromatic heterocycles. The van der Waals surface area contributed by atoms with E-state index in [4.69, 9.17) is 0 Å². The van der Waals surface area contributed by atoms with Crippen LogP contribution < -0.4 is 10.6 Å². The third-order valence-electron chi connectivity index (χ3n) is 3.46. The topological polar surface area (TPSA) is 54.2 Å². The van der Waals surface area contributed by atoms with Gasteiger partial charge in [-0.2, -0.15) is 0 Å². The summed E-state index contributed by atoms with van der Waals surface area (Å²) in [6, 6.07) is 6.14. The van der Waals surface area contributed by atoms with Crippen LogP contribution in [0.25, 0.3) is 0 Å². The zero-order valence-electron chi connectivity index (χ0n) is 13.8. The Hall–Kier alpha value is -1.57. The van der Waals surface area contributed by atoms with Crippen molar-refractivity contribution >= 4 is 29.9 Å². The monoisotopic (exact) mass is 427 g/mol. The highest BCUT2D eigenvalue weighted by atomic mass is 127. The first-order chi connectivity index (χ1) is 10.8. The van der Waals surface area contributed by atoms with Crippen molar-refractivity contribution in [2.75, 3.05) is 19.6 Å². The minimum absolute atomic E-state index is 0. The first-order valence-electron chi connectivity index (χ1n) is 7.82. The predicted octanol–water partition coefficient (Wildman–Crippen LogP) is 2.61. The van der Waals surface area contributed by atoms with Gasteiger partial charge in [-0.3, -0.25) is 9.98 Å². The minimum atomic E-state index is 0. The lowest BCUT2D eigenvalue weighted by Gasteiger charge is -2.12. The molecule has 0 bridgehead atoms. The number of pyridine rings is 1. The van der Waals surface area contributed by atoms with Gasteiger partial charge in [0.25, 0.3) is 0 Å². The summed E-state index contributed by atoms with van der Waals surface area (Å²) in [6.07, 6.45) is 8.81. The number of hydrogen-bond acceptors (Lipinski definition) is 2. The van der Waals surface area contributed by atoms with Gasteiger partial charge in [-0.15, -0.1) is 24.0 Å². The fourth-order valence-corrected chi connectivity index (χ4v) is 2.24. The molecule has 2 heterocycles. The summed E-state index contributed by atoms with van der Waals surface area (Å²) >= 11 is 0. The first-order valence-corrected chi connectivity index (χ1v) is 7.82. The van der Waals surface area contributed by atoms with Gasteiger partial charge < -0.3 is 15.2 Å². The molecule has 2 N–H and O–H groups in total. The highest BCUT2D eigenvalue weighted by molar-refractivity contribution is 14.0. The summed E-state index contributed by atoms with van der Waals surface area (Å²) < 4.78 is 2.15. The molecule has 0 aliphatic rings. The Morgan fingerprint density at radius 3 is 2.74 bits per heavy atom. The number of halogens is 1. The Labute approximate surface area is 155 Å². The molecule has 0 saturated carbocycles. The van der Waals surface area contributed by atoms with E-state index in [2.05, 4.69) is 57.5 Å². The summed E-state index contributed by atoms with van der Waals surface area (Å²) in [6.45, 7) is 7.59. The number of hydrogen-bond donors (Lipinski definition) is 2. The van der Waals surface area contributed by atoms with Crippen molar-refractivity contribution in [2.45, 2.75) is 26.8 Å². The van der Waals surface area contributed by atoms with E-state index in [1.165, 1.54) is 11.1 Å². The van der Waals surface area contributed by atoms with Gasteiger partial charge in [-0.1, -0.05) is 0 Å². The van der Waals surface area contributed by atoms with E-state index < -0.39 is 0 Å². The van der Waals surface area contributed by atoms with Crippen molar-refractivity contribution in [3.8, 4) is 0 Å². The molecule has 0 unspecified atom stereocenters. The van der Waals surface area contributed by atoms with Crippen LogP contribution in [0.2, 0.25) is 0 Å². The van der Waals surface area contributed by atoms with Crippen molar-refractivity contribution in [2.24, 2.45) is 4.99 Å². The van der Waals surface area contributed by atoms with Crippen molar-refractivity contribution in [1.82, 2.24) is 20.2 Å². The van der Waals surface area contributed by atoms with Crippen molar-refractivity contribution in [3.63, 3.8) is 0 Å². The molecule has 0 amide bonds. The first kappa shape index (κ1) is 19.5. The number of aryl methyl sites for hydroxylation is 1. The van der Waals surface area contributed by atoms with Crippen molar-refractivity contribution < 1.29 is 0 Å². The van der Waals surface area contributed by atoms with Gasteiger partial charge in [0.15, 0.2) is 5.96 Å². The molecule has 0 atom stereocenters. The highest BCUT2D eigenvalue weighted by Gasteiger charge is 1.99. The molecule has 0 aliphatic heterocycles. The van der Waals surface area contributed by atoms with E-state index in [0.29, 0.717) is 0 Å². The molecular formula is C17H26IN5. The lowest BCUT2D eigenvalue weighted by Crippen LogP contribution is -2.39. The number of rotatable bonds is 7. The number of aliphatic imine (C=N–C) groups is 1. The Balaban J connectivity index is 0.00000264. The highest BCUT2D eigenvalue weighted by Crippen LogP contribution is 2.05. The van der Waals surface area contributed by atoms with Crippen LogP contribution in [0.1, 0.15) is 18.1 Å². The second kappa shape index (κ2) is 11.0. The Bertz CT molecular complexity index is 580. The third-order valence-corrected chi connectivity index (χ3v) is 3.46. The van der Waals surface area contributed by atoms with E-state index in [0.717, 1.165) is 38.6 Å². The molecule has 0 saturated heterocycles. The van der Waals surface area contributed by atoms with Crippen LogP contribution in [0.15, 0.2) is 48.0 Å². The standard InChI is InChI=1S/C17H25N5.HI/c1-3-19-17(21-10-13-22-11-4-5-12-22)20-9-7-16-6-8-18-14-15(16)2;/h4-6,8,11-12,14H,3,7,9-10,13H2,1-2H3,(H2,19,20,21);1H. The minimum Gasteiger partial charge on any atom is -0.357 e. The van der Waals surface area contributed by atoms with Crippen LogP contribution in [0, 0.1) is 6.92 Å². The molecule has 0 spiro atoms. The number of aromatic nitrogens is 2. The molecule has 5 nitrogen and oxygen atoms in total. The van der Waals surface area contributed by atoms with Crippen LogP contribution in [0.4, 0.5) is 0 Å². The maximum atomic E-state index is 4.63. The number of guanidine groups is 1. The van der Waals surface area contributed by atoms with Crippen LogP contribution in [-0.2, 0) is 13.0 Å². The summed E-state index contributed by atoms with van der Waals surface area (Å²) in [5.74, 6) is 0.876. The van der Waals surface area contributed by atoms with E-state index in [9.17, 15) is 0 Å². The second-order valence-electron chi connectivity index (χ2n) is 5.16. The Morgan fingerprint density at radius 2 is 2.04 bits per heavy atom. The van der Waals surface area contributed by atoms with E-state index >= 15 is 0 Å². The van der Waals surface area contributed by atoms with E-state index in [1.807, 2.05) is 24.5 Å². The fraction of sp³-hybridized carbons (Fsp3) is 0.412. The average molecular weight is 427 g/mol. The molecule has 0 aromatic carbocycles. The average Bonchev–Trinajstić information content (AvgIpc) is 3.02. The lowest BCUT2D eigenvalue weighted by molar-refractivity contribution is 0.665. The smallest absolute Gasteiger partial charge is 0.191 e. The zero-order valence-corrected chi connectivity index (χ0v) is 16.2. The molecule has 6 heteroatoms. The van der Waals surface area contributed by atoms with Crippen LogP contribution in [0.3, 0.4) is 0 Å². The molecule has 2 aromatic rings. The van der Waals surface area contributed by atoms with Gasteiger partial charge in [-0.05, 0) is 49.6 Å². The summed E-state index contributed by atoms with van der Waals surface area (Å²) in [5, 5.41) is 6.65. The Morgan fingerprint density at radius 1 is 1.26 bits per heavy atom. The number of nitrogens with zero attached hydrogens (tertiary/aromatic N) is 3. The lowest BCUT2D eigenvalue weighted by atomic mass is 10.1. The quantitative estimate of drug-likeness (QED) is 0.406. The Kier molecular flexibility index (Phi) is 9.35. The van der Waals surface area contributed by atoms with E-state index in [-0.39, 0.29) is 24.0 Å². The zero-order chi connectivity index (χ0) is 15.6. The van der Waals surface area contributed by atoms with Crippen LogP contribution in [0.5, 0.6) is 0 Å². The summed E-state index contributed by atoms with van der Waals surface area (Å²) in [5.41, 5.74) is 2.53. The fourth-order valence-electron chi connectivity index (χ4n) is 2.24. The van der Waals surface area contributed by atoms with Gasteiger partial charge in [0.2, 0.25) is 0 Å². The molecule has 0 fully saturated rings. The van der Waals surface area contributed by atoms with Gasteiger partial charge in [-0.25, -0.2) is 0 Å². The summed E-state index contributed by atoms with van der Waals surface area (Å²) in [7, 11) is 0. The third kappa shape index (κ3) is 7.02.